The fourth-order valence-electron chi connectivity index (χ4n) is 1.97. The molecule has 0 aromatic heterocycles. The Balaban J connectivity index is 2.07. The maximum atomic E-state index is 2.33. The molecule has 0 N–H and O–H groups in total. The van der Waals surface area contributed by atoms with Crippen LogP contribution in [0.15, 0.2) is 30.3 Å². The van der Waals surface area contributed by atoms with Gasteiger partial charge < -0.3 is 4.90 Å². The van der Waals surface area contributed by atoms with Crippen molar-refractivity contribution >= 4 is 6.08 Å². The third kappa shape index (κ3) is 1.88. The highest BCUT2D eigenvalue weighted by Crippen LogP contribution is 2.31. The van der Waals surface area contributed by atoms with Crippen molar-refractivity contribution in [2.45, 2.75) is 12.3 Å². The van der Waals surface area contributed by atoms with Gasteiger partial charge in [0.15, 0.2) is 0 Å². The average Bonchev–Trinajstić information content (AvgIpc) is 2.58. The molecule has 14 heavy (non-hydrogen) atoms. The third-order valence-corrected chi connectivity index (χ3v) is 2.79. The van der Waals surface area contributed by atoms with Gasteiger partial charge in [-0.15, -0.1) is 0 Å². The predicted octanol–water partition coefficient (Wildman–Crippen LogP) is 2.75. The monoisotopic (exact) mass is 187 g/mol. The lowest BCUT2D eigenvalue weighted by molar-refractivity contribution is 0.393. The van der Waals surface area contributed by atoms with Crippen LogP contribution in [0.4, 0.5) is 0 Å². The van der Waals surface area contributed by atoms with E-state index in [4.69, 9.17) is 0 Å². The van der Waals surface area contributed by atoms with Gasteiger partial charge in [-0.25, -0.2) is 0 Å². The molecule has 1 aromatic carbocycles. The van der Waals surface area contributed by atoms with Crippen LogP contribution in [0, 0.1) is 0 Å². The summed E-state index contributed by atoms with van der Waals surface area (Å²) in [5, 5.41) is 0. The number of hydrogen-bond acceptors (Lipinski definition) is 1. The molecule has 1 heteroatoms. The van der Waals surface area contributed by atoms with Crippen LogP contribution in [0.2, 0.25) is 0 Å². The van der Waals surface area contributed by atoms with E-state index < -0.39 is 0 Å². The zero-order valence-electron chi connectivity index (χ0n) is 8.90. The van der Waals surface area contributed by atoms with E-state index in [1.165, 1.54) is 17.5 Å². The second-order valence-corrected chi connectivity index (χ2v) is 4.19. The number of hydrogen-bond donors (Lipinski definition) is 0. The van der Waals surface area contributed by atoms with E-state index in [0.29, 0.717) is 5.92 Å². The van der Waals surface area contributed by atoms with Gasteiger partial charge in [0.25, 0.3) is 0 Å². The summed E-state index contributed by atoms with van der Waals surface area (Å²) in [5.74, 6) is 0.633. The Morgan fingerprint density at radius 1 is 1.21 bits per heavy atom. The number of rotatable bonds is 3. The molecule has 0 aliphatic heterocycles. The van der Waals surface area contributed by atoms with E-state index in [0.717, 1.165) is 6.54 Å². The predicted molar refractivity (Wildman–Crippen MR) is 61.4 cm³/mol. The first-order chi connectivity index (χ1) is 6.77. The van der Waals surface area contributed by atoms with Crippen LogP contribution >= 0.6 is 0 Å². The van der Waals surface area contributed by atoms with E-state index >= 15 is 0 Å². The van der Waals surface area contributed by atoms with Crippen molar-refractivity contribution in [1.82, 2.24) is 4.90 Å². The topological polar surface area (TPSA) is 3.24 Å². The molecule has 0 saturated carbocycles. The third-order valence-electron chi connectivity index (χ3n) is 2.79. The van der Waals surface area contributed by atoms with Gasteiger partial charge in [0.05, 0.1) is 0 Å². The standard InChI is InChI=1S/C13H17N/c1-14(2)10-9-12-8-7-11-5-3-4-6-13(11)12/h3-8,12H,9-10H2,1-2H3. The summed E-state index contributed by atoms with van der Waals surface area (Å²) in [6.07, 6.45) is 5.80. The number of benzene rings is 1. The van der Waals surface area contributed by atoms with Gasteiger partial charge in [0.1, 0.15) is 0 Å². The minimum atomic E-state index is 0.633. The lowest BCUT2D eigenvalue weighted by Gasteiger charge is -2.14. The molecular weight excluding hydrogens is 170 g/mol. The Morgan fingerprint density at radius 2 is 2.00 bits per heavy atom. The molecule has 0 heterocycles. The highest BCUT2D eigenvalue weighted by Gasteiger charge is 2.15. The molecular formula is C13H17N. The van der Waals surface area contributed by atoms with E-state index in [1.54, 1.807) is 0 Å². The zero-order valence-corrected chi connectivity index (χ0v) is 8.90. The fourth-order valence-corrected chi connectivity index (χ4v) is 1.97. The highest BCUT2D eigenvalue weighted by atomic mass is 15.0. The molecule has 0 bridgehead atoms. The summed E-state index contributed by atoms with van der Waals surface area (Å²) in [6, 6.07) is 8.68. The molecule has 74 valence electrons. The molecule has 0 saturated heterocycles. The first-order valence-corrected chi connectivity index (χ1v) is 5.19. The first-order valence-electron chi connectivity index (χ1n) is 5.19. The van der Waals surface area contributed by atoms with Crippen LogP contribution < -0.4 is 0 Å². The van der Waals surface area contributed by atoms with Crippen molar-refractivity contribution in [3.8, 4) is 0 Å². The van der Waals surface area contributed by atoms with Gasteiger partial charge in [-0.05, 0) is 38.2 Å². The highest BCUT2D eigenvalue weighted by molar-refractivity contribution is 5.62. The Bertz CT molecular complexity index is 339. The van der Waals surface area contributed by atoms with E-state index in [2.05, 4.69) is 55.4 Å². The maximum Gasteiger partial charge on any atom is 0.00393 e. The van der Waals surface area contributed by atoms with Crippen LogP contribution in [0.1, 0.15) is 23.5 Å². The SMILES string of the molecule is CN(C)CCC1C=Cc2ccccc21. The summed E-state index contributed by atoms with van der Waals surface area (Å²) in [4.78, 5) is 2.24. The van der Waals surface area contributed by atoms with Gasteiger partial charge >= 0.3 is 0 Å². The summed E-state index contributed by atoms with van der Waals surface area (Å²) in [7, 11) is 4.26. The summed E-state index contributed by atoms with van der Waals surface area (Å²) in [5.41, 5.74) is 2.89. The molecule has 1 aromatic rings. The Labute approximate surface area is 86.1 Å². The van der Waals surface area contributed by atoms with Gasteiger partial charge in [-0.3, -0.25) is 0 Å². The minimum Gasteiger partial charge on any atom is -0.309 e. The van der Waals surface area contributed by atoms with Crippen LogP contribution in [0.25, 0.3) is 6.08 Å². The van der Waals surface area contributed by atoms with Crippen LogP contribution in [0.5, 0.6) is 0 Å². The molecule has 0 spiro atoms. The fraction of sp³-hybridized carbons (Fsp3) is 0.385. The van der Waals surface area contributed by atoms with Gasteiger partial charge in [-0.1, -0.05) is 36.4 Å². The van der Waals surface area contributed by atoms with Gasteiger partial charge in [0.2, 0.25) is 0 Å². The summed E-state index contributed by atoms with van der Waals surface area (Å²) >= 11 is 0. The van der Waals surface area contributed by atoms with E-state index in [-0.39, 0.29) is 0 Å². The van der Waals surface area contributed by atoms with Crippen LogP contribution in [-0.2, 0) is 0 Å². The van der Waals surface area contributed by atoms with Gasteiger partial charge in [-0.2, -0.15) is 0 Å². The normalized spacial score (nSPS) is 18.9. The number of fused-ring (bicyclic) bond motifs is 1. The second-order valence-electron chi connectivity index (χ2n) is 4.19. The van der Waals surface area contributed by atoms with E-state index in [1.807, 2.05) is 0 Å². The molecule has 1 aliphatic carbocycles. The lowest BCUT2D eigenvalue weighted by atomic mass is 9.97. The van der Waals surface area contributed by atoms with Crippen molar-refractivity contribution in [1.29, 1.82) is 0 Å². The van der Waals surface area contributed by atoms with Crippen molar-refractivity contribution in [3.05, 3.63) is 41.5 Å². The molecule has 1 atom stereocenters. The van der Waals surface area contributed by atoms with Crippen molar-refractivity contribution in [2.24, 2.45) is 0 Å². The maximum absolute atomic E-state index is 2.33. The molecule has 2 rings (SSSR count). The lowest BCUT2D eigenvalue weighted by Crippen LogP contribution is -2.14. The summed E-state index contributed by atoms with van der Waals surface area (Å²) < 4.78 is 0. The minimum absolute atomic E-state index is 0.633. The Morgan fingerprint density at radius 3 is 2.79 bits per heavy atom. The molecule has 0 amide bonds. The quantitative estimate of drug-likeness (QED) is 0.703. The van der Waals surface area contributed by atoms with Gasteiger partial charge in [0, 0.05) is 5.92 Å². The van der Waals surface area contributed by atoms with Crippen molar-refractivity contribution < 1.29 is 0 Å². The second kappa shape index (κ2) is 3.97. The largest absolute Gasteiger partial charge is 0.309 e. The molecule has 0 radical (unpaired) electrons. The van der Waals surface area contributed by atoms with Crippen LogP contribution in [-0.4, -0.2) is 25.5 Å². The smallest absolute Gasteiger partial charge is 0.00393 e. The van der Waals surface area contributed by atoms with Crippen molar-refractivity contribution in [2.75, 3.05) is 20.6 Å². The van der Waals surface area contributed by atoms with E-state index in [9.17, 15) is 0 Å². The molecule has 0 fully saturated rings. The van der Waals surface area contributed by atoms with Crippen molar-refractivity contribution in [3.63, 3.8) is 0 Å². The van der Waals surface area contributed by atoms with Crippen LogP contribution in [0.3, 0.4) is 0 Å². The average molecular weight is 187 g/mol. The summed E-state index contributed by atoms with van der Waals surface area (Å²) in [6.45, 7) is 1.16. The number of nitrogens with zero attached hydrogens (tertiary/aromatic N) is 1. The first kappa shape index (κ1) is 9.47. The molecule has 1 aliphatic rings. The Hall–Kier alpha value is -1.08. The molecule has 1 nitrogen and oxygen atoms in total. The molecule has 1 unspecified atom stereocenters. The Kier molecular flexibility index (Phi) is 2.69. The zero-order chi connectivity index (χ0) is 9.97. The number of allylic oxidation sites excluding steroid dienone is 1.